The Morgan fingerprint density at radius 3 is 2.32 bits per heavy atom. The lowest BCUT2D eigenvalue weighted by Gasteiger charge is -2.11. The fraction of sp³-hybridized carbons (Fsp3) is 0.250. The first-order valence-corrected chi connectivity index (χ1v) is 8.80. The summed E-state index contributed by atoms with van der Waals surface area (Å²) in [4.78, 5) is 36.9. The van der Waals surface area contributed by atoms with Gasteiger partial charge < -0.3 is 19.7 Å². The van der Waals surface area contributed by atoms with Crippen molar-refractivity contribution in [2.45, 2.75) is 6.92 Å². The molecular formula is C20H21ClN2O5. The zero-order valence-electron chi connectivity index (χ0n) is 15.8. The van der Waals surface area contributed by atoms with Gasteiger partial charge in [-0.2, -0.15) is 0 Å². The second-order valence-electron chi connectivity index (χ2n) is 6.19. The van der Waals surface area contributed by atoms with E-state index in [0.29, 0.717) is 22.0 Å². The number of aryl methyl sites for hydroxylation is 1. The summed E-state index contributed by atoms with van der Waals surface area (Å²) in [5.74, 6) is -0.824. The van der Waals surface area contributed by atoms with E-state index in [1.165, 1.54) is 4.90 Å². The molecule has 0 radical (unpaired) electrons. The van der Waals surface area contributed by atoms with Crippen LogP contribution in [0, 0.1) is 6.92 Å². The van der Waals surface area contributed by atoms with Crippen LogP contribution in [0.15, 0.2) is 42.5 Å². The van der Waals surface area contributed by atoms with Crippen LogP contribution in [0.4, 0.5) is 5.69 Å². The summed E-state index contributed by atoms with van der Waals surface area (Å²) in [6.45, 7) is 1.05. The van der Waals surface area contributed by atoms with Gasteiger partial charge in [0.05, 0.1) is 0 Å². The number of amides is 2. The van der Waals surface area contributed by atoms with E-state index in [4.69, 9.17) is 21.1 Å². The van der Waals surface area contributed by atoms with Crippen LogP contribution in [0.2, 0.25) is 5.02 Å². The molecule has 2 amide bonds. The Labute approximate surface area is 168 Å². The SMILES string of the molecule is Cc1cc(OCC(=O)OCC(=O)Nc2ccc(C(=O)N(C)C)cc2)ccc1Cl. The summed E-state index contributed by atoms with van der Waals surface area (Å²) >= 11 is 5.92. The average molecular weight is 405 g/mol. The second-order valence-corrected chi connectivity index (χ2v) is 6.59. The van der Waals surface area contributed by atoms with Crippen molar-refractivity contribution in [2.24, 2.45) is 0 Å². The number of nitrogens with one attached hydrogen (secondary N) is 1. The highest BCUT2D eigenvalue weighted by atomic mass is 35.5. The van der Waals surface area contributed by atoms with Crippen LogP contribution in [0.25, 0.3) is 0 Å². The quantitative estimate of drug-likeness (QED) is 0.717. The van der Waals surface area contributed by atoms with E-state index in [1.807, 2.05) is 6.92 Å². The standard InChI is InChI=1S/C20H21ClN2O5/c1-13-10-16(8-9-17(13)21)27-12-19(25)28-11-18(24)22-15-6-4-14(5-7-15)20(26)23(2)3/h4-10H,11-12H2,1-3H3,(H,22,24). The number of benzene rings is 2. The molecule has 148 valence electrons. The smallest absolute Gasteiger partial charge is 0.344 e. The Balaban J connectivity index is 1.76. The van der Waals surface area contributed by atoms with Crippen molar-refractivity contribution in [3.63, 3.8) is 0 Å². The van der Waals surface area contributed by atoms with Gasteiger partial charge in [-0.05, 0) is 55.0 Å². The van der Waals surface area contributed by atoms with Gasteiger partial charge in [-0.25, -0.2) is 4.79 Å². The molecule has 0 aliphatic heterocycles. The normalized spacial score (nSPS) is 10.1. The highest BCUT2D eigenvalue weighted by molar-refractivity contribution is 6.31. The zero-order valence-corrected chi connectivity index (χ0v) is 16.6. The first kappa shape index (κ1) is 21.2. The molecule has 0 atom stereocenters. The molecule has 0 unspecified atom stereocenters. The maximum absolute atomic E-state index is 11.9. The van der Waals surface area contributed by atoms with Crippen LogP contribution < -0.4 is 10.1 Å². The molecule has 2 aromatic carbocycles. The van der Waals surface area contributed by atoms with Gasteiger partial charge in [0.2, 0.25) is 0 Å². The Morgan fingerprint density at radius 1 is 1.04 bits per heavy atom. The molecule has 0 aliphatic carbocycles. The molecule has 1 N–H and O–H groups in total. The Bertz CT molecular complexity index is 865. The summed E-state index contributed by atoms with van der Waals surface area (Å²) in [7, 11) is 3.31. The lowest BCUT2D eigenvalue weighted by molar-refractivity contribution is -0.149. The van der Waals surface area contributed by atoms with E-state index in [9.17, 15) is 14.4 Å². The molecule has 0 fully saturated rings. The first-order chi connectivity index (χ1) is 13.3. The Kier molecular flexibility index (Phi) is 7.40. The third kappa shape index (κ3) is 6.28. The van der Waals surface area contributed by atoms with Crippen LogP contribution in [-0.2, 0) is 14.3 Å². The second kappa shape index (κ2) is 9.75. The maximum Gasteiger partial charge on any atom is 0.344 e. The van der Waals surface area contributed by atoms with Gasteiger partial charge in [0.1, 0.15) is 5.75 Å². The number of anilines is 1. The third-order valence-electron chi connectivity index (χ3n) is 3.67. The number of halogens is 1. The molecule has 2 rings (SSSR count). The zero-order chi connectivity index (χ0) is 20.7. The molecule has 7 nitrogen and oxygen atoms in total. The number of hydrogen-bond acceptors (Lipinski definition) is 5. The molecule has 28 heavy (non-hydrogen) atoms. The van der Waals surface area contributed by atoms with Gasteiger partial charge in [-0.15, -0.1) is 0 Å². The highest BCUT2D eigenvalue weighted by Crippen LogP contribution is 2.20. The number of ether oxygens (including phenoxy) is 2. The number of rotatable bonds is 7. The fourth-order valence-electron chi connectivity index (χ4n) is 2.19. The molecule has 0 aromatic heterocycles. The maximum atomic E-state index is 11.9. The molecule has 8 heteroatoms. The number of nitrogens with zero attached hydrogens (tertiary/aromatic N) is 1. The molecule has 0 saturated carbocycles. The minimum Gasteiger partial charge on any atom is -0.482 e. The number of hydrogen-bond donors (Lipinski definition) is 1. The van der Waals surface area contributed by atoms with E-state index in [-0.39, 0.29) is 12.5 Å². The summed E-state index contributed by atoms with van der Waals surface area (Å²) < 4.78 is 10.2. The molecule has 2 aromatic rings. The van der Waals surface area contributed by atoms with Gasteiger partial charge in [0.15, 0.2) is 13.2 Å². The van der Waals surface area contributed by atoms with Crippen molar-refractivity contribution in [2.75, 3.05) is 32.6 Å². The van der Waals surface area contributed by atoms with Gasteiger partial charge in [0, 0.05) is 30.4 Å². The Morgan fingerprint density at radius 2 is 1.71 bits per heavy atom. The van der Waals surface area contributed by atoms with Gasteiger partial charge >= 0.3 is 5.97 Å². The van der Waals surface area contributed by atoms with E-state index < -0.39 is 18.5 Å². The lowest BCUT2D eigenvalue weighted by atomic mass is 10.2. The van der Waals surface area contributed by atoms with Crippen LogP contribution in [0.1, 0.15) is 15.9 Å². The summed E-state index contributed by atoms with van der Waals surface area (Å²) in [5.41, 5.74) is 1.82. The van der Waals surface area contributed by atoms with Crippen LogP contribution in [-0.4, -0.2) is 50.0 Å². The number of esters is 1. The van der Waals surface area contributed by atoms with Crippen molar-refractivity contribution in [1.29, 1.82) is 0 Å². The topological polar surface area (TPSA) is 84.9 Å². The summed E-state index contributed by atoms with van der Waals surface area (Å²) in [6.07, 6.45) is 0. The largest absolute Gasteiger partial charge is 0.482 e. The van der Waals surface area contributed by atoms with E-state index in [0.717, 1.165) is 5.56 Å². The molecular weight excluding hydrogens is 384 g/mol. The van der Waals surface area contributed by atoms with E-state index >= 15 is 0 Å². The Hall–Kier alpha value is -3.06. The fourth-order valence-corrected chi connectivity index (χ4v) is 2.31. The monoisotopic (exact) mass is 404 g/mol. The van der Waals surface area contributed by atoms with E-state index in [1.54, 1.807) is 56.6 Å². The molecule has 0 aliphatic rings. The molecule has 0 heterocycles. The van der Waals surface area contributed by atoms with Crippen molar-refractivity contribution < 1.29 is 23.9 Å². The number of carbonyl (C=O) groups excluding carboxylic acids is 3. The van der Waals surface area contributed by atoms with Crippen LogP contribution in [0.3, 0.4) is 0 Å². The summed E-state index contributed by atoms with van der Waals surface area (Å²) in [5, 5.41) is 3.19. The molecule has 0 saturated heterocycles. The highest BCUT2D eigenvalue weighted by Gasteiger charge is 2.11. The van der Waals surface area contributed by atoms with E-state index in [2.05, 4.69) is 5.32 Å². The van der Waals surface area contributed by atoms with Gasteiger partial charge in [0.25, 0.3) is 11.8 Å². The van der Waals surface area contributed by atoms with Gasteiger partial charge in [-0.3, -0.25) is 9.59 Å². The minimum absolute atomic E-state index is 0.136. The van der Waals surface area contributed by atoms with Gasteiger partial charge in [-0.1, -0.05) is 11.6 Å². The van der Waals surface area contributed by atoms with Crippen LogP contribution >= 0.6 is 11.6 Å². The van der Waals surface area contributed by atoms with Crippen molar-refractivity contribution >= 4 is 35.1 Å². The predicted molar refractivity (Wildman–Crippen MR) is 106 cm³/mol. The molecule has 0 spiro atoms. The minimum atomic E-state index is -0.672. The summed E-state index contributed by atoms with van der Waals surface area (Å²) in [6, 6.07) is 11.4. The third-order valence-corrected chi connectivity index (χ3v) is 4.10. The predicted octanol–water partition coefficient (Wildman–Crippen LogP) is 2.91. The lowest BCUT2D eigenvalue weighted by Crippen LogP contribution is -2.24. The number of carbonyl (C=O) groups is 3. The van der Waals surface area contributed by atoms with Crippen LogP contribution in [0.5, 0.6) is 5.75 Å². The molecule has 0 bridgehead atoms. The van der Waals surface area contributed by atoms with Crippen molar-refractivity contribution in [1.82, 2.24) is 4.90 Å². The average Bonchev–Trinajstić information content (AvgIpc) is 2.67. The van der Waals surface area contributed by atoms with Crippen molar-refractivity contribution in [3.05, 3.63) is 58.6 Å². The first-order valence-electron chi connectivity index (χ1n) is 8.42. The van der Waals surface area contributed by atoms with Crippen molar-refractivity contribution in [3.8, 4) is 5.75 Å².